The van der Waals surface area contributed by atoms with E-state index in [0.29, 0.717) is 11.8 Å². The molecule has 15 heavy (non-hydrogen) atoms. The maximum Gasteiger partial charge on any atom is 0.0921 e. The van der Waals surface area contributed by atoms with Gasteiger partial charge in [0, 0.05) is 24.3 Å². The van der Waals surface area contributed by atoms with Crippen LogP contribution in [0.2, 0.25) is 0 Å². The summed E-state index contributed by atoms with van der Waals surface area (Å²) >= 11 is 0. The Kier molecular flexibility index (Phi) is 2.90. The van der Waals surface area contributed by atoms with Gasteiger partial charge in [-0.05, 0) is 29.9 Å². The number of hydrogen-bond donors (Lipinski definition) is 2. The van der Waals surface area contributed by atoms with E-state index < -0.39 is 0 Å². The quantitative estimate of drug-likeness (QED) is 0.788. The van der Waals surface area contributed by atoms with Crippen LogP contribution in [0.5, 0.6) is 0 Å². The molecule has 0 saturated heterocycles. The monoisotopic (exact) mass is 203 g/mol. The van der Waals surface area contributed by atoms with E-state index in [-0.39, 0.29) is 0 Å². The van der Waals surface area contributed by atoms with Crippen LogP contribution in [0.3, 0.4) is 0 Å². The normalized spacial score (nSPS) is 15.1. The SMILES string of the molecule is CC(CC(C)c1cnc[nH]1)c1cc[nH]c1. The van der Waals surface area contributed by atoms with E-state index in [0.717, 1.165) is 6.42 Å². The summed E-state index contributed by atoms with van der Waals surface area (Å²) in [5.74, 6) is 1.10. The molecular weight excluding hydrogens is 186 g/mol. The second-order valence-corrected chi connectivity index (χ2v) is 4.19. The van der Waals surface area contributed by atoms with Gasteiger partial charge < -0.3 is 9.97 Å². The van der Waals surface area contributed by atoms with Gasteiger partial charge in [0.1, 0.15) is 0 Å². The molecule has 2 atom stereocenters. The van der Waals surface area contributed by atoms with Crippen LogP contribution in [0.1, 0.15) is 43.4 Å². The van der Waals surface area contributed by atoms with Gasteiger partial charge in [-0.2, -0.15) is 0 Å². The Hall–Kier alpha value is -1.51. The highest BCUT2D eigenvalue weighted by atomic mass is 14.9. The number of aromatic nitrogens is 3. The standard InChI is InChI=1S/C12H17N3/c1-9(11-3-4-13-6-11)5-10(2)12-7-14-8-15-12/h3-4,6-10,13H,5H2,1-2H3,(H,14,15). The van der Waals surface area contributed by atoms with E-state index >= 15 is 0 Å². The molecule has 0 bridgehead atoms. The molecule has 2 heterocycles. The lowest BCUT2D eigenvalue weighted by Gasteiger charge is -2.14. The Morgan fingerprint density at radius 1 is 1.33 bits per heavy atom. The fourth-order valence-electron chi connectivity index (χ4n) is 1.97. The Morgan fingerprint density at radius 3 is 2.80 bits per heavy atom. The Balaban J connectivity index is 1.98. The van der Waals surface area contributed by atoms with Gasteiger partial charge >= 0.3 is 0 Å². The molecule has 0 saturated carbocycles. The lowest BCUT2D eigenvalue weighted by molar-refractivity contribution is 0.584. The summed E-state index contributed by atoms with van der Waals surface area (Å²) in [6.45, 7) is 4.49. The van der Waals surface area contributed by atoms with E-state index in [9.17, 15) is 0 Å². The van der Waals surface area contributed by atoms with E-state index in [1.165, 1.54) is 11.3 Å². The van der Waals surface area contributed by atoms with Gasteiger partial charge in [0.2, 0.25) is 0 Å². The predicted octanol–water partition coefficient (Wildman–Crippen LogP) is 3.04. The van der Waals surface area contributed by atoms with Gasteiger partial charge in [-0.15, -0.1) is 0 Å². The van der Waals surface area contributed by atoms with Crippen LogP contribution in [0.15, 0.2) is 31.0 Å². The van der Waals surface area contributed by atoms with Crippen LogP contribution in [-0.4, -0.2) is 15.0 Å². The van der Waals surface area contributed by atoms with Crippen LogP contribution in [0.25, 0.3) is 0 Å². The van der Waals surface area contributed by atoms with Crippen molar-refractivity contribution in [1.82, 2.24) is 15.0 Å². The van der Waals surface area contributed by atoms with Crippen molar-refractivity contribution in [3.63, 3.8) is 0 Å². The molecule has 0 aliphatic rings. The van der Waals surface area contributed by atoms with E-state index in [1.807, 2.05) is 12.4 Å². The lowest BCUT2D eigenvalue weighted by atomic mass is 9.91. The summed E-state index contributed by atoms with van der Waals surface area (Å²) in [4.78, 5) is 10.3. The predicted molar refractivity (Wildman–Crippen MR) is 60.8 cm³/mol. The molecule has 0 fully saturated rings. The molecule has 2 aromatic rings. The van der Waals surface area contributed by atoms with Crippen molar-refractivity contribution in [2.24, 2.45) is 0 Å². The summed E-state index contributed by atoms with van der Waals surface area (Å²) in [7, 11) is 0. The van der Waals surface area contributed by atoms with Crippen molar-refractivity contribution in [3.05, 3.63) is 42.2 Å². The average Bonchev–Trinajstić information content (AvgIpc) is 2.91. The van der Waals surface area contributed by atoms with E-state index in [1.54, 1.807) is 6.33 Å². The first-order chi connectivity index (χ1) is 7.27. The fourth-order valence-corrected chi connectivity index (χ4v) is 1.97. The van der Waals surface area contributed by atoms with Gasteiger partial charge in [0.05, 0.1) is 6.33 Å². The minimum absolute atomic E-state index is 0.525. The molecular formula is C12H17N3. The number of nitrogens with one attached hydrogen (secondary N) is 2. The topological polar surface area (TPSA) is 44.5 Å². The molecule has 2 rings (SSSR count). The first-order valence-corrected chi connectivity index (χ1v) is 5.38. The van der Waals surface area contributed by atoms with Gasteiger partial charge in [-0.3, -0.25) is 0 Å². The molecule has 3 heteroatoms. The first-order valence-electron chi connectivity index (χ1n) is 5.38. The molecule has 80 valence electrons. The Bertz CT molecular complexity index is 337. The van der Waals surface area contributed by atoms with Crippen LogP contribution in [-0.2, 0) is 0 Å². The molecule has 2 N–H and O–H groups in total. The smallest absolute Gasteiger partial charge is 0.0921 e. The molecule has 0 spiro atoms. The largest absolute Gasteiger partial charge is 0.367 e. The summed E-state index contributed by atoms with van der Waals surface area (Å²) < 4.78 is 0. The average molecular weight is 203 g/mol. The molecule has 2 unspecified atom stereocenters. The lowest BCUT2D eigenvalue weighted by Crippen LogP contribution is -2.00. The summed E-state index contributed by atoms with van der Waals surface area (Å²) in [5.41, 5.74) is 2.60. The van der Waals surface area contributed by atoms with Gasteiger partial charge in [0.15, 0.2) is 0 Å². The third kappa shape index (κ3) is 2.29. The van der Waals surface area contributed by atoms with Crippen molar-refractivity contribution < 1.29 is 0 Å². The number of hydrogen-bond acceptors (Lipinski definition) is 1. The van der Waals surface area contributed by atoms with Crippen LogP contribution in [0.4, 0.5) is 0 Å². The van der Waals surface area contributed by atoms with Crippen molar-refractivity contribution in [2.45, 2.75) is 32.1 Å². The zero-order valence-corrected chi connectivity index (χ0v) is 9.20. The van der Waals surface area contributed by atoms with Gasteiger partial charge in [-0.25, -0.2) is 4.98 Å². The molecule has 2 aromatic heterocycles. The van der Waals surface area contributed by atoms with Gasteiger partial charge in [-0.1, -0.05) is 13.8 Å². The van der Waals surface area contributed by atoms with Crippen LogP contribution < -0.4 is 0 Å². The van der Waals surface area contributed by atoms with E-state index in [2.05, 4.69) is 41.1 Å². The van der Waals surface area contributed by atoms with E-state index in [4.69, 9.17) is 0 Å². The second-order valence-electron chi connectivity index (χ2n) is 4.19. The van der Waals surface area contributed by atoms with Crippen molar-refractivity contribution in [2.75, 3.05) is 0 Å². The zero-order chi connectivity index (χ0) is 10.7. The molecule has 3 nitrogen and oxygen atoms in total. The number of aromatic amines is 2. The summed E-state index contributed by atoms with van der Waals surface area (Å²) in [6.07, 6.45) is 8.85. The molecule has 0 aromatic carbocycles. The molecule has 0 aliphatic heterocycles. The number of nitrogens with zero attached hydrogens (tertiary/aromatic N) is 1. The molecule has 0 radical (unpaired) electrons. The maximum atomic E-state index is 4.05. The van der Waals surface area contributed by atoms with Gasteiger partial charge in [0.25, 0.3) is 0 Å². The minimum Gasteiger partial charge on any atom is -0.367 e. The maximum absolute atomic E-state index is 4.05. The molecule has 0 amide bonds. The zero-order valence-electron chi connectivity index (χ0n) is 9.20. The highest BCUT2D eigenvalue weighted by molar-refractivity contribution is 5.15. The highest BCUT2D eigenvalue weighted by Gasteiger charge is 2.13. The first kappa shape index (κ1) is 10.0. The Labute approximate surface area is 90.0 Å². The molecule has 0 aliphatic carbocycles. The van der Waals surface area contributed by atoms with Crippen molar-refractivity contribution >= 4 is 0 Å². The summed E-state index contributed by atoms with van der Waals surface area (Å²) in [6, 6.07) is 2.14. The third-order valence-corrected chi connectivity index (χ3v) is 2.95. The summed E-state index contributed by atoms with van der Waals surface area (Å²) in [5, 5.41) is 0. The van der Waals surface area contributed by atoms with Crippen molar-refractivity contribution in [3.8, 4) is 0 Å². The van der Waals surface area contributed by atoms with Crippen LogP contribution in [0, 0.1) is 0 Å². The highest BCUT2D eigenvalue weighted by Crippen LogP contribution is 2.27. The number of imidazole rings is 1. The minimum atomic E-state index is 0.525. The third-order valence-electron chi connectivity index (χ3n) is 2.95. The number of H-pyrrole nitrogens is 2. The second kappa shape index (κ2) is 4.34. The van der Waals surface area contributed by atoms with Crippen molar-refractivity contribution in [1.29, 1.82) is 0 Å². The Morgan fingerprint density at radius 2 is 2.20 bits per heavy atom. The fraction of sp³-hybridized carbons (Fsp3) is 0.417. The number of rotatable bonds is 4. The van der Waals surface area contributed by atoms with Crippen LogP contribution >= 0.6 is 0 Å².